The number of piperidine rings is 1. The molecule has 0 unspecified atom stereocenters. The summed E-state index contributed by atoms with van der Waals surface area (Å²) in [5.41, 5.74) is 0.956. The van der Waals surface area contributed by atoms with Crippen LogP contribution < -0.4 is 5.32 Å². The Morgan fingerprint density at radius 1 is 1.30 bits per heavy atom. The van der Waals surface area contributed by atoms with Crippen LogP contribution in [-0.4, -0.2) is 37.0 Å². The second-order valence-electron chi connectivity index (χ2n) is 5.50. The average Bonchev–Trinajstić information content (AvgIpc) is 2.44. The van der Waals surface area contributed by atoms with E-state index in [9.17, 15) is 9.18 Å². The van der Waals surface area contributed by atoms with Gasteiger partial charge in [0, 0.05) is 6.54 Å². The Balaban J connectivity index is 1.72. The van der Waals surface area contributed by atoms with Crippen molar-refractivity contribution in [1.82, 2.24) is 10.2 Å². The maximum Gasteiger partial charge on any atom is 0.254 e. The fourth-order valence-electron chi connectivity index (χ4n) is 2.59. The predicted octanol–water partition coefficient (Wildman–Crippen LogP) is 2.74. The summed E-state index contributed by atoms with van der Waals surface area (Å²) in [5, 5.41) is 2.79. The fraction of sp³-hybridized carbons (Fsp3) is 0.562. The molecular weight excluding hydrogens is 255 g/mol. The Labute approximate surface area is 120 Å². The lowest BCUT2D eigenvalue weighted by molar-refractivity contribution is 0.0947. The molecule has 1 aliphatic heterocycles. The van der Waals surface area contributed by atoms with E-state index in [2.05, 4.69) is 10.2 Å². The first-order valence-electron chi connectivity index (χ1n) is 7.43. The number of amides is 1. The Morgan fingerprint density at radius 2 is 2.05 bits per heavy atom. The number of likely N-dealkylation sites (tertiary alicyclic amines) is 1. The Hall–Kier alpha value is -1.42. The zero-order valence-electron chi connectivity index (χ0n) is 12.1. The normalized spacial score (nSPS) is 16.1. The molecule has 1 aliphatic rings. The summed E-state index contributed by atoms with van der Waals surface area (Å²) >= 11 is 0. The largest absolute Gasteiger partial charge is 0.352 e. The van der Waals surface area contributed by atoms with Crippen LogP contribution in [0.25, 0.3) is 0 Å². The number of nitrogens with zero attached hydrogens (tertiary/aromatic N) is 1. The summed E-state index contributed by atoms with van der Waals surface area (Å²) in [6.07, 6.45) is 4.81. The highest BCUT2D eigenvalue weighted by atomic mass is 19.1. The van der Waals surface area contributed by atoms with Crippen LogP contribution in [0.4, 0.5) is 4.39 Å². The molecule has 0 aromatic heterocycles. The molecule has 1 amide bonds. The lowest BCUT2D eigenvalue weighted by Gasteiger charge is -2.26. The molecule has 1 saturated heterocycles. The maximum atomic E-state index is 13.6. The van der Waals surface area contributed by atoms with Gasteiger partial charge in [0.25, 0.3) is 5.91 Å². The molecule has 1 aromatic rings. The molecule has 1 heterocycles. The zero-order valence-corrected chi connectivity index (χ0v) is 12.1. The quantitative estimate of drug-likeness (QED) is 0.840. The van der Waals surface area contributed by atoms with Crippen molar-refractivity contribution in [2.24, 2.45) is 0 Å². The molecule has 4 heteroatoms. The monoisotopic (exact) mass is 278 g/mol. The topological polar surface area (TPSA) is 32.3 Å². The van der Waals surface area contributed by atoms with E-state index in [-0.39, 0.29) is 11.5 Å². The van der Waals surface area contributed by atoms with Crippen LogP contribution in [0.15, 0.2) is 18.2 Å². The van der Waals surface area contributed by atoms with E-state index in [1.165, 1.54) is 38.4 Å². The van der Waals surface area contributed by atoms with Gasteiger partial charge in [-0.3, -0.25) is 4.79 Å². The third kappa shape index (κ3) is 4.30. The molecule has 0 saturated carbocycles. The number of rotatable bonds is 5. The van der Waals surface area contributed by atoms with Crippen LogP contribution in [0.2, 0.25) is 0 Å². The van der Waals surface area contributed by atoms with Gasteiger partial charge in [0.05, 0.1) is 5.56 Å². The Bertz CT molecular complexity index is 456. The van der Waals surface area contributed by atoms with Crippen molar-refractivity contribution in [3.05, 3.63) is 35.1 Å². The number of halogens is 1. The van der Waals surface area contributed by atoms with Gasteiger partial charge in [0.1, 0.15) is 5.82 Å². The van der Waals surface area contributed by atoms with Gasteiger partial charge >= 0.3 is 0 Å². The van der Waals surface area contributed by atoms with Crippen molar-refractivity contribution in [2.75, 3.05) is 26.2 Å². The fourth-order valence-corrected chi connectivity index (χ4v) is 2.59. The van der Waals surface area contributed by atoms with E-state index in [0.717, 1.165) is 18.5 Å². The van der Waals surface area contributed by atoms with Gasteiger partial charge in [-0.15, -0.1) is 0 Å². The first-order chi connectivity index (χ1) is 9.66. The minimum Gasteiger partial charge on any atom is -0.352 e. The van der Waals surface area contributed by atoms with E-state index >= 15 is 0 Å². The summed E-state index contributed by atoms with van der Waals surface area (Å²) in [5.74, 6) is -0.764. The van der Waals surface area contributed by atoms with E-state index in [0.29, 0.717) is 6.54 Å². The second kappa shape index (κ2) is 7.39. The van der Waals surface area contributed by atoms with Crippen molar-refractivity contribution in [3.8, 4) is 0 Å². The number of carbonyl (C=O) groups excluding carboxylic acids is 1. The average molecular weight is 278 g/mol. The molecule has 0 atom stereocenters. The van der Waals surface area contributed by atoms with Gasteiger partial charge in [0.15, 0.2) is 0 Å². The molecule has 1 N–H and O–H groups in total. The standard InChI is InChI=1S/C16H23FN2O/c1-13-6-7-14(15(17)12-13)16(20)18-8-5-11-19-9-3-2-4-10-19/h6-7,12H,2-5,8-11H2,1H3,(H,18,20). The number of aryl methyl sites for hydroxylation is 1. The van der Waals surface area contributed by atoms with Gasteiger partial charge in [-0.2, -0.15) is 0 Å². The van der Waals surface area contributed by atoms with Crippen molar-refractivity contribution in [2.45, 2.75) is 32.6 Å². The first kappa shape index (κ1) is 15.0. The first-order valence-corrected chi connectivity index (χ1v) is 7.43. The SMILES string of the molecule is Cc1ccc(C(=O)NCCCN2CCCCC2)c(F)c1. The van der Waals surface area contributed by atoms with Gasteiger partial charge in [0.2, 0.25) is 0 Å². The summed E-state index contributed by atoms with van der Waals surface area (Å²) in [6.45, 7) is 5.75. The Morgan fingerprint density at radius 3 is 2.75 bits per heavy atom. The van der Waals surface area contributed by atoms with Crippen LogP contribution in [0.5, 0.6) is 0 Å². The number of hydrogen-bond donors (Lipinski definition) is 1. The van der Waals surface area contributed by atoms with Crippen molar-refractivity contribution < 1.29 is 9.18 Å². The molecule has 3 nitrogen and oxygen atoms in total. The van der Waals surface area contributed by atoms with Gasteiger partial charge in [-0.1, -0.05) is 12.5 Å². The summed E-state index contributed by atoms with van der Waals surface area (Å²) in [6, 6.07) is 4.69. The third-order valence-corrected chi connectivity index (χ3v) is 3.75. The molecule has 0 radical (unpaired) electrons. The summed E-state index contributed by atoms with van der Waals surface area (Å²) in [4.78, 5) is 14.3. The highest BCUT2D eigenvalue weighted by molar-refractivity contribution is 5.94. The highest BCUT2D eigenvalue weighted by Gasteiger charge is 2.12. The molecule has 1 fully saturated rings. The number of hydrogen-bond acceptors (Lipinski definition) is 2. The molecule has 1 aromatic carbocycles. The van der Waals surface area contributed by atoms with E-state index < -0.39 is 5.82 Å². The third-order valence-electron chi connectivity index (χ3n) is 3.75. The maximum absolute atomic E-state index is 13.6. The summed E-state index contributed by atoms with van der Waals surface area (Å²) < 4.78 is 13.6. The number of benzene rings is 1. The second-order valence-corrected chi connectivity index (χ2v) is 5.50. The molecule has 2 rings (SSSR count). The number of nitrogens with one attached hydrogen (secondary N) is 1. The van der Waals surface area contributed by atoms with E-state index in [1.54, 1.807) is 12.1 Å². The lowest BCUT2D eigenvalue weighted by Crippen LogP contribution is -2.33. The van der Waals surface area contributed by atoms with Crippen molar-refractivity contribution in [3.63, 3.8) is 0 Å². The lowest BCUT2D eigenvalue weighted by atomic mass is 10.1. The minimum atomic E-state index is -0.446. The van der Waals surface area contributed by atoms with Gasteiger partial charge in [-0.05, 0) is 63.5 Å². The summed E-state index contributed by atoms with van der Waals surface area (Å²) in [7, 11) is 0. The predicted molar refractivity (Wildman–Crippen MR) is 78.4 cm³/mol. The smallest absolute Gasteiger partial charge is 0.254 e. The van der Waals surface area contributed by atoms with Gasteiger partial charge in [-0.25, -0.2) is 4.39 Å². The van der Waals surface area contributed by atoms with Crippen LogP contribution in [0.1, 0.15) is 41.6 Å². The molecular formula is C16H23FN2O. The number of carbonyl (C=O) groups is 1. The van der Waals surface area contributed by atoms with Crippen LogP contribution >= 0.6 is 0 Å². The minimum absolute atomic E-state index is 0.133. The molecule has 110 valence electrons. The molecule has 0 aliphatic carbocycles. The van der Waals surface area contributed by atoms with E-state index in [4.69, 9.17) is 0 Å². The van der Waals surface area contributed by atoms with Gasteiger partial charge < -0.3 is 10.2 Å². The van der Waals surface area contributed by atoms with Crippen LogP contribution in [-0.2, 0) is 0 Å². The molecule has 0 spiro atoms. The Kier molecular flexibility index (Phi) is 5.53. The molecule has 20 heavy (non-hydrogen) atoms. The highest BCUT2D eigenvalue weighted by Crippen LogP contribution is 2.10. The van der Waals surface area contributed by atoms with Crippen molar-refractivity contribution >= 4 is 5.91 Å². The van der Waals surface area contributed by atoms with Crippen molar-refractivity contribution in [1.29, 1.82) is 0 Å². The molecule has 0 bridgehead atoms. The zero-order chi connectivity index (χ0) is 14.4. The van der Waals surface area contributed by atoms with Crippen LogP contribution in [0.3, 0.4) is 0 Å². The van der Waals surface area contributed by atoms with Crippen LogP contribution in [0, 0.1) is 12.7 Å². The van der Waals surface area contributed by atoms with E-state index in [1.807, 2.05) is 6.92 Å².